The van der Waals surface area contributed by atoms with Crippen molar-refractivity contribution in [3.05, 3.63) is 28.7 Å². The zero-order chi connectivity index (χ0) is 10.8. The Labute approximate surface area is 84.6 Å². The smallest absolute Gasteiger partial charge is 0.250 e. The van der Waals surface area contributed by atoms with Crippen LogP contribution < -0.4 is 11.3 Å². The van der Waals surface area contributed by atoms with E-state index in [1.807, 2.05) is 0 Å². The Morgan fingerprint density at radius 1 is 1.43 bits per heavy atom. The van der Waals surface area contributed by atoms with Crippen molar-refractivity contribution in [2.75, 3.05) is 5.73 Å². The quantitative estimate of drug-likeness (QED) is 0.798. The van der Waals surface area contributed by atoms with Crippen LogP contribution in [0.2, 0.25) is 0 Å². The molecule has 0 aliphatic carbocycles. The van der Waals surface area contributed by atoms with Gasteiger partial charge in [-0.15, -0.1) is 0 Å². The fourth-order valence-electron chi connectivity index (χ4n) is 1.25. The monoisotopic (exact) mass is 194 g/mol. The molecule has 0 radical (unpaired) electrons. The van der Waals surface area contributed by atoms with Crippen LogP contribution >= 0.6 is 0 Å². The number of hydrogen-bond acceptors (Lipinski definition) is 2. The molecule has 78 valence electrons. The van der Waals surface area contributed by atoms with Crippen molar-refractivity contribution in [3.8, 4) is 0 Å². The normalized spacial score (nSPS) is 11.6. The van der Waals surface area contributed by atoms with Gasteiger partial charge in [-0.25, -0.2) is 0 Å². The van der Waals surface area contributed by atoms with Gasteiger partial charge in [0.1, 0.15) is 0 Å². The number of nitrogens with zero attached hydrogens (tertiary/aromatic N) is 1. The fraction of sp³-hybridized carbons (Fsp3) is 0.545. The van der Waals surface area contributed by atoms with E-state index in [1.165, 1.54) is 6.07 Å². The van der Waals surface area contributed by atoms with Gasteiger partial charge in [-0.3, -0.25) is 4.79 Å². The second-order valence-electron chi connectivity index (χ2n) is 4.45. The molecule has 3 nitrogen and oxygen atoms in total. The summed E-state index contributed by atoms with van der Waals surface area (Å²) >= 11 is 0. The number of pyridine rings is 1. The van der Waals surface area contributed by atoms with E-state index in [-0.39, 0.29) is 11.0 Å². The highest BCUT2D eigenvalue weighted by Gasteiger charge is 2.16. The molecular weight excluding hydrogens is 176 g/mol. The molecule has 14 heavy (non-hydrogen) atoms. The predicted molar refractivity (Wildman–Crippen MR) is 59.2 cm³/mol. The van der Waals surface area contributed by atoms with Crippen LogP contribution in [0.4, 0.5) is 5.69 Å². The SMILES string of the molecule is CCC(C)(C)Cn1cc(N)ccc1=O. The van der Waals surface area contributed by atoms with Crippen LogP contribution in [0.15, 0.2) is 23.1 Å². The van der Waals surface area contributed by atoms with Gasteiger partial charge >= 0.3 is 0 Å². The van der Waals surface area contributed by atoms with Gasteiger partial charge in [-0.2, -0.15) is 0 Å². The number of anilines is 1. The Morgan fingerprint density at radius 3 is 2.64 bits per heavy atom. The first-order valence-electron chi connectivity index (χ1n) is 4.90. The molecule has 2 N–H and O–H groups in total. The van der Waals surface area contributed by atoms with E-state index in [4.69, 9.17) is 5.73 Å². The van der Waals surface area contributed by atoms with E-state index >= 15 is 0 Å². The average Bonchev–Trinajstić information content (AvgIpc) is 2.11. The van der Waals surface area contributed by atoms with E-state index in [0.29, 0.717) is 12.2 Å². The van der Waals surface area contributed by atoms with Gasteiger partial charge < -0.3 is 10.3 Å². The van der Waals surface area contributed by atoms with Gasteiger partial charge in [-0.05, 0) is 17.9 Å². The Balaban J connectivity index is 2.97. The van der Waals surface area contributed by atoms with Crippen molar-refractivity contribution < 1.29 is 0 Å². The minimum absolute atomic E-state index is 0.0146. The van der Waals surface area contributed by atoms with Crippen molar-refractivity contribution in [3.63, 3.8) is 0 Å². The van der Waals surface area contributed by atoms with Crippen molar-refractivity contribution in [1.82, 2.24) is 4.57 Å². The van der Waals surface area contributed by atoms with Crippen LogP contribution in [0.5, 0.6) is 0 Å². The minimum Gasteiger partial charge on any atom is -0.398 e. The zero-order valence-electron chi connectivity index (χ0n) is 9.08. The first-order valence-corrected chi connectivity index (χ1v) is 4.90. The second kappa shape index (κ2) is 3.86. The first kappa shape index (κ1) is 10.8. The molecule has 1 rings (SSSR count). The molecule has 0 spiro atoms. The van der Waals surface area contributed by atoms with Gasteiger partial charge in [-0.1, -0.05) is 20.8 Å². The molecule has 3 heteroatoms. The van der Waals surface area contributed by atoms with Gasteiger partial charge in [0.15, 0.2) is 0 Å². The molecule has 0 aliphatic heterocycles. The molecule has 0 fully saturated rings. The molecule has 0 amide bonds. The lowest BCUT2D eigenvalue weighted by Crippen LogP contribution is -2.27. The maximum Gasteiger partial charge on any atom is 0.250 e. The van der Waals surface area contributed by atoms with Gasteiger partial charge in [0.25, 0.3) is 5.56 Å². The molecule has 0 aliphatic rings. The third kappa shape index (κ3) is 2.62. The standard InChI is InChI=1S/C11H18N2O/c1-4-11(2,3)8-13-7-9(12)5-6-10(13)14/h5-7H,4,8,12H2,1-3H3. The summed E-state index contributed by atoms with van der Waals surface area (Å²) in [4.78, 5) is 11.5. The highest BCUT2D eigenvalue weighted by Crippen LogP contribution is 2.21. The topological polar surface area (TPSA) is 48.0 Å². The summed E-state index contributed by atoms with van der Waals surface area (Å²) in [5.41, 5.74) is 6.41. The Kier molecular flexibility index (Phi) is 2.99. The van der Waals surface area contributed by atoms with E-state index in [2.05, 4.69) is 20.8 Å². The third-order valence-electron chi connectivity index (χ3n) is 2.56. The molecule has 1 aromatic rings. The Morgan fingerprint density at radius 2 is 2.07 bits per heavy atom. The molecule has 0 saturated heterocycles. The highest BCUT2D eigenvalue weighted by molar-refractivity contribution is 5.33. The lowest BCUT2D eigenvalue weighted by molar-refractivity contribution is 0.290. The summed E-state index contributed by atoms with van der Waals surface area (Å²) in [5.74, 6) is 0. The maximum absolute atomic E-state index is 11.5. The van der Waals surface area contributed by atoms with Crippen molar-refractivity contribution >= 4 is 5.69 Å². The summed E-state index contributed by atoms with van der Waals surface area (Å²) < 4.78 is 1.68. The van der Waals surface area contributed by atoms with Crippen LogP contribution in [0, 0.1) is 5.41 Å². The van der Waals surface area contributed by atoms with E-state index < -0.39 is 0 Å². The van der Waals surface area contributed by atoms with Crippen LogP contribution in [0.25, 0.3) is 0 Å². The summed E-state index contributed by atoms with van der Waals surface area (Å²) in [6.07, 6.45) is 2.74. The Hall–Kier alpha value is -1.25. The predicted octanol–water partition coefficient (Wildman–Crippen LogP) is 1.87. The fourth-order valence-corrected chi connectivity index (χ4v) is 1.25. The minimum atomic E-state index is 0.0146. The molecule has 0 aromatic carbocycles. The molecule has 0 saturated carbocycles. The van der Waals surface area contributed by atoms with Crippen molar-refractivity contribution in [2.24, 2.45) is 5.41 Å². The number of rotatable bonds is 3. The number of nitrogen functional groups attached to an aromatic ring is 1. The molecule has 0 bridgehead atoms. The Bertz CT molecular complexity index is 366. The highest BCUT2D eigenvalue weighted by atomic mass is 16.1. The van der Waals surface area contributed by atoms with E-state index in [0.717, 1.165) is 6.42 Å². The lowest BCUT2D eigenvalue weighted by atomic mass is 9.90. The molecule has 1 aromatic heterocycles. The van der Waals surface area contributed by atoms with E-state index in [1.54, 1.807) is 16.8 Å². The van der Waals surface area contributed by atoms with Crippen LogP contribution in [0.3, 0.4) is 0 Å². The summed E-state index contributed by atoms with van der Waals surface area (Å²) in [5, 5.41) is 0. The second-order valence-corrected chi connectivity index (χ2v) is 4.45. The largest absolute Gasteiger partial charge is 0.398 e. The van der Waals surface area contributed by atoms with Crippen LogP contribution in [0.1, 0.15) is 27.2 Å². The number of aromatic nitrogens is 1. The maximum atomic E-state index is 11.5. The van der Waals surface area contributed by atoms with Crippen LogP contribution in [-0.2, 0) is 6.54 Å². The third-order valence-corrected chi connectivity index (χ3v) is 2.56. The molecule has 1 heterocycles. The number of nitrogens with two attached hydrogens (primary N) is 1. The summed E-state index contributed by atoms with van der Waals surface area (Å²) in [6.45, 7) is 7.12. The van der Waals surface area contributed by atoms with Crippen molar-refractivity contribution in [1.29, 1.82) is 0 Å². The van der Waals surface area contributed by atoms with Gasteiger partial charge in [0.05, 0.1) is 0 Å². The summed E-state index contributed by atoms with van der Waals surface area (Å²) in [6, 6.07) is 3.15. The average molecular weight is 194 g/mol. The molecule has 0 unspecified atom stereocenters. The number of hydrogen-bond donors (Lipinski definition) is 1. The van der Waals surface area contributed by atoms with Gasteiger partial charge in [0.2, 0.25) is 0 Å². The lowest BCUT2D eigenvalue weighted by Gasteiger charge is -2.23. The van der Waals surface area contributed by atoms with Crippen LogP contribution in [-0.4, -0.2) is 4.57 Å². The molecular formula is C11H18N2O. The summed E-state index contributed by atoms with van der Waals surface area (Å²) in [7, 11) is 0. The van der Waals surface area contributed by atoms with Gasteiger partial charge in [0, 0.05) is 24.5 Å². The van der Waals surface area contributed by atoms with Crippen molar-refractivity contribution in [2.45, 2.75) is 33.7 Å². The zero-order valence-corrected chi connectivity index (χ0v) is 9.08. The van der Waals surface area contributed by atoms with E-state index in [9.17, 15) is 4.79 Å². The molecule has 0 atom stereocenters. The first-order chi connectivity index (χ1) is 6.44.